The predicted octanol–water partition coefficient (Wildman–Crippen LogP) is 4.12. The second kappa shape index (κ2) is 5.85. The van der Waals surface area contributed by atoms with Crippen LogP contribution in [0.5, 0.6) is 0 Å². The van der Waals surface area contributed by atoms with Gasteiger partial charge in [0.05, 0.1) is 5.56 Å². The van der Waals surface area contributed by atoms with E-state index in [0.717, 1.165) is 25.7 Å². The summed E-state index contributed by atoms with van der Waals surface area (Å²) in [7, 11) is 0. The van der Waals surface area contributed by atoms with Gasteiger partial charge in [0, 0.05) is 0 Å². The van der Waals surface area contributed by atoms with Gasteiger partial charge in [-0.15, -0.1) is 0 Å². The van der Waals surface area contributed by atoms with E-state index in [9.17, 15) is 4.79 Å². The summed E-state index contributed by atoms with van der Waals surface area (Å²) in [6.45, 7) is 3.87. The summed E-state index contributed by atoms with van der Waals surface area (Å²) in [4.78, 5) is 12.1. The third-order valence-electron chi connectivity index (χ3n) is 3.63. The van der Waals surface area contributed by atoms with E-state index in [2.05, 4.69) is 6.58 Å². The fourth-order valence-corrected chi connectivity index (χ4v) is 2.49. The summed E-state index contributed by atoms with van der Waals surface area (Å²) in [6.07, 6.45) is 8.27. The number of benzene rings is 1. The van der Waals surface area contributed by atoms with Gasteiger partial charge in [-0.3, -0.25) is 0 Å². The third kappa shape index (κ3) is 3.00. The van der Waals surface area contributed by atoms with E-state index in [-0.39, 0.29) is 5.97 Å². The highest BCUT2D eigenvalue weighted by Crippen LogP contribution is 2.32. The summed E-state index contributed by atoms with van der Waals surface area (Å²) in [5.74, 6) is -0.239. The maximum absolute atomic E-state index is 12.1. The van der Waals surface area contributed by atoms with E-state index in [1.165, 1.54) is 12.8 Å². The topological polar surface area (TPSA) is 26.3 Å². The molecule has 2 nitrogen and oxygen atoms in total. The zero-order valence-electron chi connectivity index (χ0n) is 10.7. The first-order valence-corrected chi connectivity index (χ1v) is 6.68. The van der Waals surface area contributed by atoms with Gasteiger partial charge >= 0.3 is 5.97 Å². The van der Waals surface area contributed by atoms with Crippen molar-refractivity contribution in [2.45, 2.75) is 44.1 Å². The van der Waals surface area contributed by atoms with Crippen molar-refractivity contribution >= 4 is 5.97 Å². The summed E-state index contributed by atoms with van der Waals surface area (Å²) in [6, 6.07) is 9.17. The van der Waals surface area contributed by atoms with Gasteiger partial charge < -0.3 is 4.74 Å². The average molecular weight is 244 g/mol. The fourth-order valence-electron chi connectivity index (χ4n) is 2.49. The average Bonchev–Trinajstić information content (AvgIpc) is 2.66. The van der Waals surface area contributed by atoms with Gasteiger partial charge in [0.15, 0.2) is 0 Å². The lowest BCUT2D eigenvalue weighted by Gasteiger charge is -2.29. The Morgan fingerprint density at radius 2 is 1.72 bits per heavy atom. The van der Waals surface area contributed by atoms with Gasteiger partial charge in [0.25, 0.3) is 0 Å². The molecule has 0 aromatic heterocycles. The van der Waals surface area contributed by atoms with Gasteiger partial charge in [-0.1, -0.05) is 37.6 Å². The zero-order valence-corrected chi connectivity index (χ0v) is 10.7. The molecule has 1 aliphatic rings. The molecule has 1 aromatic rings. The molecule has 18 heavy (non-hydrogen) atoms. The van der Waals surface area contributed by atoms with Crippen molar-refractivity contribution in [1.82, 2.24) is 0 Å². The number of carbonyl (C=O) groups excluding carboxylic acids is 1. The normalized spacial score (nSPS) is 18.7. The Hall–Kier alpha value is -1.57. The number of rotatable bonds is 3. The van der Waals surface area contributed by atoms with Crippen molar-refractivity contribution in [2.24, 2.45) is 0 Å². The number of hydrogen-bond donors (Lipinski definition) is 0. The molecule has 0 amide bonds. The van der Waals surface area contributed by atoms with Gasteiger partial charge in [-0.2, -0.15) is 0 Å². The highest BCUT2D eigenvalue weighted by Gasteiger charge is 2.31. The minimum Gasteiger partial charge on any atom is -0.451 e. The van der Waals surface area contributed by atoms with Gasteiger partial charge in [-0.05, 0) is 43.9 Å². The Morgan fingerprint density at radius 3 is 2.28 bits per heavy atom. The Morgan fingerprint density at radius 1 is 1.11 bits per heavy atom. The lowest BCUT2D eigenvalue weighted by atomic mass is 9.94. The minimum atomic E-state index is -0.455. The molecule has 0 unspecified atom stereocenters. The molecule has 1 aromatic carbocycles. The van der Waals surface area contributed by atoms with Crippen LogP contribution in [-0.4, -0.2) is 11.6 Å². The van der Waals surface area contributed by atoms with Crippen LogP contribution < -0.4 is 0 Å². The lowest BCUT2D eigenvalue weighted by molar-refractivity contribution is -0.00210. The molecule has 0 radical (unpaired) electrons. The molecule has 2 heteroatoms. The molecule has 96 valence electrons. The maximum atomic E-state index is 12.1. The van der Waals surface area contributed by atoms with Gasteiger partial charge in [0.2, 0.25) is 0 Å². The molecule has 1 aliphatic carbocycles. The largest absolute Gasteiger partial charge is 0.451 e. The first-order chi connectivity index (χ1) is 8.76. The van der Waals surface area contributed by atoms with Crippen LogP contribution in [0.2, 0.25) is 0 Å². The number of carbonyl (C=O) groups is 1. The quantitative estimate of drug-likeness (QED) is 0.454. The van der Waals surface area contributed by atoms with E-state index >= 15 is 0 Å². The predicted molar refractivity (Wildman–Crippen MR) is 72.5 cm³/mol. The van der Waals surface area contributed by atoms with Crippen molar-refractivity contribution in [3.63, 3.8) is 0 Å². The molecule has 0 atom stereocenters. The highest BCUT2D eigenvalue weighted by atomic mass is 16.6. The number of esters is 1. The molecule has 0 saturated heterocycles. The van der Waals surface area contributed by atoms with Crippen LogP contribution in [0.4, 0.5) is 0 Å². The van der Waals surface area contributed by atoms with Crippen LogP contribution >= 0.6 is 0 Å². The minimum absolute atomic E-state index is 0.239. The first-order valence-electron chi connectivity index (χ1n) is 6.68. The molecule has 0 N–H and O–H groups in total. The summed E-state index contributed by atoms with van der Waals surface area (Å²) >= 11 is 0. The second-order valence-electron chi connectivity index (χ2n) is 4.94. The van der Waals surface area contributed by atoms with Crippen molar-refractivity contribution in [3.8, 4) is 0 Å². The first kappa shape index (κ1) is 12.9. The lowest BCUT2D eigenvalue weighted by Crippen LogP contribution is -2.32. The van der Waals surface area contributed by atoms with E-state index in [0.29, 0.717) is 5.56 Å². The van der Waals surface area contributed by atoms with E-state index in [1.807, 2.05) is 24.3 Å². The van der Waals surface area contributed by atoms with Gasteiger partial charge in [-0.25, -0.2) is 4.79 Å². The molecule has 0 aliphatic heterocycles. The Balaban J connectivity index is 2.10. The van der Waals surface area contributed by atoms with Crippen LogP contribution in [0.25, 0.3) is 0 Å². The van der Waals surface area contributed by atoms with Gasteiger partial charge in [0.1, 0.15) is 5.60 Å². The maximum Gasteiger partial charge on any atom is 0.338 e. The monoisotopic (exact) mass is 244 g/mol. The Kier molecular flexibility index (Phi) is 4.19. The standard InChI is InChI=1S/C16H20O2/c1-2-16(12-8-3-4-9-13-16)18-15(17)14-10-6-5-7-11-14/h2,5-7,10-11H,1,3-4,8-9,12-13H2. The zero-order chi connectivity index (χ0) is 12.8. The number of hydrogen-bond acceptors (Lipinski definition) is 2. The second-order valence-corrected chi connectivity index (χ2v) is 4.94. The fraction of sp³-hybridized carbons (Fsp3) is 0.438. The molecular formula is C16H20O2. The SMILES string of the molecule is C=CC1(OC(=O)c2ccccc2)CCCCCC1. The smallest absolute Gasteiger partial charge is 0.338 e. The highest BCUT2D eigenvalue weighted by molar-refractivity contribution is 5.89. The van der Waals surface area contributed by atoms with E-state index in [1.54, 1.807) is 12.1 Å². The van der Waals surface area contributed by atoms with Crippen molar-refractivity contribution < 1.29 is 9.53 Å². The molecule has 1 fully saturated rings. The molecule has 0 bridgehead atoms. The van der Waals surface area contributed by atoms with Crippen LogP contribution in [0, 0.1) is 0 Å². The van der Waals surface area contributed by atoms with E-state index in [4.69, 9.17) is 4.74 Å². The Bertz CT molecular complexity index is 400. The van der Waals surface area contributed by atoms with Crippen molar-refractivity contribution in [2.75, 3.05) is 0 Å². The molecule has 1 saturated carbocycles. The number of ether oxygens (including phenoxy) is 1. The third-order valence-corrected chi connectivity index (χ3v) is 3.63. The van der Waals surface area contributed by atoms with Crippen molar-refractivity contribution in [1.29, 1.82) is 0 Å². The van der Waals surface area contributed by atoms with Crippen molar-refractivity contribution in [3.05, 3.63) is 48.6 Å². The van der Waals surface area contributed by atoms with E-state index < -0.39 is 5.60 Å². The molecule has 2 rings (SSSR count). The van der Waals surface area contributed by atoms with Crippen LogP contribution in [-0.2, 0) is 4.74 Å². The molecular weight excluding hydrogens is 224 g/mol. The Labute approximate surface area is 109 Å². The van der Waals surface area contributed by atoms with Crippen LogP contribution in [0.3, 0.4) is 0 Å². The van der Waals surface area contributed by atoms with Crippen LogP contribution in [0.1, 0.15) is 48.9 Å². The summed E-state index contributed by atoms with van der Waals surface area (Å²) < 4.78 is 5.74. The summed E-state index contributed by atoms with van der Waals surface area (Å²) in [5.41, 5.74) is 0.159. The summed E-state index contributed by atoms with van der Waals surface area (Å²) in [5, 5.41) is 0. The molecule has 0 heterocycles. The van der Waals surface area contributed by atoms with Crippen LogP contribution in [0.15, 0.2) is 43.0 Å². The molecule has 0 spiro atoms.